The van der Waals surface area contributed by atoms with E-state index in [-0.39, 0.29) is 11.9 Å². The van der Waals surface area contributed by atoms with Crippen LogP contribution in [0.25, 0.3) is 11.1 Å². The Balaban J connectivity index is 1.81. The predicted molar refractivity (Wildman–Crippen MR) is 108 cm³/mol. The van der Waals surface area contributed by atoms with E-state index >= 15 is 0 Å². The first-order chi connectivity index (χ1) is 14.0. The standard InChI is InChI=1S/C22H25N5O2/c1-13-11-23-9-8-17(13)18-12-24-16(4)25-21(18)19-7-5-6-10-27(19)22(28)20-14(2)26-29-15(20)3/h8-9,11-12,19H,5-7,10H2,1-4H3/t19-/m0/s1. The molecule has 0 saturated carbocycles. The fourth-order valence-corrected chi connectivity index (χ4v) is 4.12. The average Bonchev–Trinajstić information content (AvgIpc) is 3.06. The third-order valence-electron chi connectivity index (χ3n) is 5.58. The largest absolute Gasteiger partial charge is 0.361 e. The Morgan fingerprint density at radius 2 is 1.97 bits per heavy atom. The number of carbonyl (C=O) groups is 1. The Kier molecular flexibility index (Phi) is 5.13. The van der Waals surface area contributed by atoms with Crippen LogP contribution in [0, 0.1) is 27.7 Å². The number of aromatic nitrogens is 4. The molecule has 3 aromatic rings. The number of hydrogen-bond acceptors (Lipinski definition) is 6. The summed E-state index contributed by atoms with van der Waals surface area (Å²) in [6, 6.07) is 1.87. The number of aryl methyl sites for hydroxylation is 4. The number of hydrogen-bond donors (Lipinski definition) is 0. The van der Waals surface area contributed by atoms with Crippen LogP contribution in [0.4, 0.5) is 0 Å². The molecule has 1 saturated heterocycles. The summed E-state index contributed by atoms with van der Waals surface area (Å²) in [4.78, 5) is 28.8. The van der Waals surface area contributed by atoms with Crippen LogP contribution in [0.2, 0.25) is 0 Å². The van der Waals surface area contributed by atoms with Gasteiger partial charge in [-0.05, 0) is 64.2 Å². The third kappa shape index (κ3) is 3.52. The molecular weight excluding hydrogens is 366 g/mol. The van der Waals surface area contributed by atoms with Crippen molar-refractivity contribution in [1.82, 2.24) is 25.0 Å². The zero-order valence-electron chi connectivity index (χ0n) is 17.3. The summed E-state index contributed by atoms with van der Waals surface area (Å²) < 4.78 is 5.25. The molecule has 0 radical (unpaired) electrons. The van der Waals surface area contributed by atoms with E-state index in [1.807, 2.05) is 44.1 Å². The van der Waals surface area contributed by atoms with E-state index in [4.69, 9.17) is 9.51 Å². The van der Waals surface area contributed by atoms with E-state index in [9.17, 15) is 4.79 Å². The quantitative estimate of drug-likeness (QED) is 0.667. The summed E-state index contributed by atoms with van der Waals surface area (Å²) in [6.07, 6.45) is 8.37. The number of amides is 1. The van der Waals surface area contributed by atoms with Gasteiger partial charge in [0.1, 0.15) is 17.1 Å². The van der Waals surface area contributed by atoms with Crippen LogP contribution in [0.15, 0.2) is 29.2 Å². The normalized spacial score (nSPS) is 16.8. The third-order valence-corrected chi connectivity index (χ3v) is 5.58. The van der Waals surface area contributed by atoms with Crippen molar-refractivity contribution in [3.8, 4) is 11.1 Å². The molecule has 1 aliphatic rings. The van der Waals surface area contributed by atoms with E-state index in [2.05, 4.69) is 15.1 Å². The molecule has 0 aliphatic carbocycles. The van der Waals surface area contributed by atoms with Crippen molar-refractivity contribution < 1.29 is 9.32 Å². The zero-order chi connectivity index (χ0) is 20.5. The molecule has 150 valence electrons. The van der Waals surface area contributed by atoms with Crippen LogP contribution in [0.5, 0.6) is 0 Å². The van der Waals surface area contributed by atoms with Crippen molar-refractivity contribution in [2.45, 2.75) is 53.0 Å². The van der Waals surface area contributed by atoms with Gasteiger partial charge in [0.05, 0.1) is 17.4 Å². The van der Waals surface area contributed by atoms with Crippen LogP contribution >= 0.6 is 0 Å². The molecule has 1 amide bonds. The number of piperidine rings is 1. The number of carbonyl (C=O) groups excluding carboxylic acids is 1. The molecule has 7 heteroatoms. The molecule has 1 aliphatic heterocycles. The molecule has 0 aromatic carbocycles. The average molecular weight is 391 g/mol. The van der Waals surface area contributed by atoms with Gasteiger partial charge < -0.3 is 9.42 Å². The molecule has 1 atom stereocenters. The second kappa shape index (κ2) is 7.73. The van der Waals surface area contributed by atoms with Crippen molar-refractivity contribution in [1.29, 1.82) is 0 Å². The summed E-state index contributed by atoms with van der Waals surface area (Å²) in [6.45, 7) is 8.19. The van der Waals surface area contributed by atoms with Gasteiger partial charge in [-0.15, -0.1) is 0 Å². The Morgan fingerprint density at radius 3 is 2.69 bits per heavy atom. The first kappa shape index (κ1) is 19.2. The molecule has 4 rings (SSSR count). The molecule has 0 bridgehead atoms. The molecular formula is C22H25N5O2. The Bertz CT molecular complexity index is 1040. The van der Waals surface area contributed by atoms with Crippen LogP contribution in [0.1, 0.15) is 64.2 Å². The summed E-state index contributed by atoms with van der Waals surface area (Å²) in [5, 5.41) is 3.97. The van der Waals surface area contributed by atoms with Gasteiger partial charge in [0.25, 0.3) is 5.91 Å². The highest BCUT2D eigenvalue weighted by molar-refractivity contribution is 5.96. The Hall–Kier alpha value is -3.09. The molecule has 7 nitrogen and oxygen atoms in total. The first-order valence-electron chi connectivity index (χ1n) is 9.95. The van der Waals surface area contributed by atoms with Crippen molar-refractivity contribution >= 4 is 5.91 Å². The van der Waals surface area contributed by atoms with E-state index in [1.165, 1.54) is 0 Å². The minimum absolute atomic E-state index is 0.0420. The minimum Gasteiger partial charge on any atom is -0.361 e. The van der Waals surface area contributed by atoms with Crippen LogP contribution in [0.3, 0.4) is 0 Å². The molecule has 3 aromatic heterocycles. The molecule has 0 N–H and O–H groups in total. The maximum atomic E-state index is 13.5. The van der Waals surface area contributed by atoms with E-state index < -0.39 is 0 Å². The van der Waals surface area contributed by atoms with Crippen molar-refractivity contribution in [3.05, 3.63) is 58.8 Å². The lowest BCUT2D eigenvalue weighted by atomic mass is 9.92. The number of nitrogens with zero attached hydrogens (tertiary/aromatic N) is 5. The highest BCUT2D eigenvalue weighted by Crippen LogP contribution is 2.37. The fraction of sp³-hybridized carbons (Fsp3) is 0.409. The van der Waals surface area contributed by atoms with Crippen LogP contribution < -0.4 is 0 Å². The zero-order valence-corrected chi connectivity index (χ0v) is 17.3. The molecule has 0 unspecified atom stereocenters. The second-order valence-electron chi connectivity index (χ2n) is 7.62. The van der Waals surface area contributed by atoms with Gasteiger partial charge in [0.15, 0.2) is 0 Å². The smallest absolute Gasteiger partial charge is 0.259 e. The van der Waals surface area contributed by atoms with Crippen LogP contribution in [-0.4, -0.2) is 37.5 Å². The van der Waals surface area contributed by atoms with Crippen molar-refractivity contribution in [3.63, 3.8) is 0 Å². The molecule has 1 fully saturated rings. The predicted octanol–water partition coefficient (Wildman–Crippen LogP) is 4.13. The number of rotatable bonds is 3. The van der Waals surface area contributed by atoms with Gasteiger partial charge in [0, 0.05) is 30.7 Å². The fourth-order valence-electron chi connectivity index (χ4n) is 4.12. The maximum absolute atomic E-state index is 13.5. The van der Waals surface area contributed by atoms with Crippen molar-refractivity contribution in [2.24, 2.45) is 0 Å². The van der Waals surface area contributed by atoms with Gasteiger partial charge in [0.2, 0.25) is 0 Å². The molecule has 4 heterocycles. The Labute approximate surface area is 170 Å². The minimum atomic E-state index is -0.116. The summed E-state index contributed by atoms with van der Waals surface area (Å²) >= 11 is 0. The van der Waals surface area contributed by atoms with Crippen LogP contribution in [-0.2, 0) is 0 Å². The van der Waals surface area contributed by atoms with Gasteiger partial charge in [-0.3, -0.25) is 9.78 Å². The monoisotopic (exact) mass is 391 g/mol. The van der Waals surface area contributed by atoms with Gasteiger partial charge in [-0.1, -0.05) is 5.16 Å². The van der Waals surface area contributed by atoms with Gasteiger partial charge in [-0.25, -0.2) is 9.97 Å². The van der Waals surface area contributed by atoms with E-state index in [1.54, 1.807) is 13.1 Å². The summed E-state index contributed by atoms with van der Waals surface area (Å²) in [5.41, 5.74) is 5.14. The lowest BCUT2D eigenvalue weighted by Crippen LogP contribution is -2.39. The number of pyridine rings is 1. The van der Waals surface area contributed by atoms with Crippen molar-refractivity contribution in [2.75, 3.05) is 6.54 Å². The lowest BCUT2D eigenvalue weighted by Gasteiger charge is -2.36. The maximum Gasteiger partial charge on any atom is 0.259 e. The van der Waals surface area contributed by atoms with Gasteiger partial charge >= 0.3 is 0 Å². The topological polar surface area (TPSA) is 85.0 Å². The SMILES string of the molecule is Cc1ncc(-c2ccncc2C)c([C@@H]2CCCCN2C(=O)c2c(C)noc2C)n1. The highest BCUT2D eigenvalue weighted by Gasteiger charge is 2.34. The second-order valence-corrected chi connectivity index (χ2v) is 7.62. The highest BCUT2D eigenvalue weighted by atomic mass is 16.5. The first-order valence-corrected chi connectivity index (χ1v) is 9.95. The molecule has 0 spiro atoms. The summed E-state index contributed by atoms with van der Waals surface area (Å²) in [7, 11) is 0. The molecule has 29 heavy (non-hydrogen) atoms. The van der Waals surface area contributed by atoms with Gasteiger partial charge in [-0.2, -0.15) is 0 Å². The number of likely N-dealkylation sites (tertiary alicyclic amines) is 1. The Morgan fingerprint density at radius 1 is 1.14 bits per heavy atom. The van der Waals surface area contributed by atoms with E-state index in [0.717, 1.165) is 41.6 Å². The summed E-state index contributed by atoms with van der Waals surface area (Å²) in [5.74, 6) is 1.21. The lowest BCUT2D eigenvalue weighted by molar-refractivity contribution is 0.0604. The van der Waals surface area contributed by atoms with E-state index in [0.29, 0.717) is 29.4 Å².